The molecule has 18 heavy (non-hydrogen) atoms. The van der Waals surface area contributed by atoms with Crippen molar-refractivity contribution in [1.82, 2.24) is 0 Å². The van der Waals surface area contributed by atoms with Crippen molar-refractivity contribution in [2.75, 3.05) is 26.4 Å². The molecule has 0 radical (unpaired) electrons. The molecule has 1 saturated heterocycles. The van der Waals surface area contributed by atoms with E-state index >= 15 is 0 Å². The van der Waals surface area contributed by atoms with E-state index in [-0.39, 0.29) is 6.04 Å². The fourth-order valence-electron chi connectivity index (χ4n) is 2.02. The molecule has 2 rings (SSSR count). The van der Waals surface area contributed by atoms with E-state index in [1.807, 2.05) is 31.2 Å². The molecule has 0 bridgehead atoms. The van der Waals surface area contributed by atoms with Crippen LogP contribution in [0.5, 0.6) is 11.5 Å². The molecule has 0 saturated carbocycles. The first kappa shape index (κ1) is 13.2. The maximum Gasteiger partial charge on any atom is 0.119 e. The van der Waals surface area contributed by atoms with Gasteiger partial charge in [-0.3, -0.25) is 0 Å². The van der Waals surface area contributed by atoms with Gasteiger partial charge >= 0.3 is 0 Å². The third-order valence-electron chi connectivity index (χ3n) is 3.15. The second-order valence-electron chi connectivity index (χ2n) is 4.50. The molecule has 1 aliphatic rings. The molecule has 2 N–H and O–H groups in total. The van der Waals surface area contributed by atoms with Gasteiger partial charge in [-0.05, 0) is 37.6 Å². The molecule has 4 heteroatoms. The lowest BCUT2D eigenvalue weighted by Gasteiger charge is -2.18. The minimum Gasteiger partial charge on any atom is -0.494 e. The third kappa shape index (κ3) is 3.62. The summed E-state index contributed by atoms with van der Waals surface area (Å²) in [5, 5.41) is 0. The quantitative estimate of drug-likeness (QED) is 0.838. The monoisotopic (exact) mass is 251 g/mol. The third-order valence-corrected chi connectivity index (χ3v) is 3.15. The van der Waals surface area contributed by atoms with Crippen LogP contribution in [0.2, 0.25) is 0 Å². The van der Waals surface area contributed by atoms with E-state index in [4.69, 9.17) is 19.9 Å². The number of benzene rings is 1. The highest BCUT2D eigenvalue weighted by Crippen LogP contribution is 2.19. The van der Waals surface area contributed by atoms with Crippen LogP contribution in [0, 0.1) is 5.92 Å². The van der Waals surface area contributed by atoms with Gasteiger partial charge < -0.3 is 19.9 Å². The summed E-state index contributed by atoms with van der Waals surface area (Å²) in [6, 6.07) is 7.66. The van der Waals surface area contributed by atoms with Gasteiger partial charge in [-0.2, -0.15) is 0 Å². The first-order valence-electron chi connectivity index (χ1n) is 6.48. The molecular formula is C14H21NO3. The summed E-state index contributed by atoms with van der Waals surface area (Å²) in [7, 11) is 0. The molecule has 0 aromatic heterocycles. The average molecular weight is 251 g/mol. The van der Waals surface area contributed by atoms with Gasteiger partial charge in [-0.25, -0.2) is 0 Å². The second-order valence-corrected chi connectivity index (χ2v) is 4.50. The standard InChI is InChI=1S/C14H21NO3/c1-2-17-12-3-5-13(6-4-12)18-10-14(15)11-7-8-16-9-11/h3-6,11,14H,2,7-10,15H2,1H3. The number of rotatable bonds is 6. The smallest absolute Gasteiger partial charge is 0.119 e. The van der Waals surface area contributed by atoms with Gasteiger partial charge in [0.1, 0.15) is 18.1 Å². The van der Waals surface area contributed by atoms with Gasteiger partial charge in [-0.1, -0.05) is 0 Å². The van der Waals surface area contributed by atoms with Gasteiger partial charge in [0.2, 0.25) is 0 Å². The minimum absolute atomic E-state index is 0.0408. The van der Waals surface area contributed by atoms with Crippen LogP contribution >= 0.6 is 0 Å². The molecule has 100 valence electrons. The van der Waals surface area contributed by atoms with E-state index in [1.54, 1.807) is 0 Å². The predicted molar refractivity (Wildman–Crippen MR) is 70.0 cm³/mol. The highest BCUT2D eigenvalue weighted by atomic mass is 16.5. The number of nitrogens with two attached hydrogens (primary N) is 1. The summed E-state index contributed by atoms with van der Waals surface area (Å²) in [5.41, 5.74) is 6.07. The molecular weight excluding hydrogens is 230 g/mol. The number of hydrogen-bond donors (Lipinski definition) is 1. The SMILES string of the molecule is CCOc1ccc(OCC(N)C2CCOC2)cc1. The van der Waals surface area contributed by atoms with Crippen LogP contribution < -0.4 is 15.2 Å². The van der Waals surface area contributed by atoms with Crippen molar-refractivity contribution in [2.24, 2.45) is 11.7 Å². The molecule has 2 atom stereocenters. The van der Waals surface area contributed by atoms with Crippen molar-refractivity contribution in [2.45, 2.75) is 19.4 Å². The van der Waals surface area contributed by atoms with Gasteiger partial charge in [-0.15, -0.1) is 0 Å². The molecule has 0 aliphatic carbocycles. The Bertz CT molecular complexity index is 347. The van der Waals surface area contributed by atoms with E-state index in [2.05, 4.69) is 0 Å². The van der Waals surface area contributed by atoms with Gasteiger partial charge in [0.05, 0.1) is 13.2 Å². The first-order chi connectivity index (χ1) is 8.79. The Morgan fingerprint density at radius 2 is 1.94 bits per heavy atom. The Balaban J connectivity index is 1.78. The average Bonchev–Trinajstić information content (AvgIpc) is 2.92. The molecule has 1 heterocycles. The summed E-state index contributed by atoms with van der Waals surface area (Å²) in [6.07, 6.45) is 1.04. The summed E-state index contributed by atoms with van der Waals surface area (Å²) in [4.78, 5) is 0. The largest absolute Gasteiger partial charge is 0.494 e. The van der Waals surface area contributed by atoms with Gasteiger partial charge in [0.15, 0.2) is 0 Å². The number of hydrogen-bond acceptors (Lipinski definition) is 4. The molecule has 0 amide bonds. The van der Waals surface area contributed by atoms with Crippen LogP contribution in [0.15, 0.2) is 24.3 Å². The van der Waals surface area contributed by atoms with Crippen molar-refractivity contribution in [3.63, 3.8) is 0 Å². The molecule has 0 spiro atoms. The molecule has 1 aliphatic heterocycles. The highest BCUT2D eigenvalue weighted by molar-refractivity contribution is 5.31. The van der Waals surface area contributed by atoms with E-state index in [9.17, 15) is 0 Å². The molecule has 1 fully saturated rings. The van der Waals surface area contributed by atoms with Crippen molar-refractivity contribution in [3.05, 3.63) is 24.3 Å². The Kier molecular flexibility index (Phi) is 4.84. The maximum absolute atomic E-state index is 6.07. The summed E-state index contributed by atoms with van der Waals surface area (Å²) < 4.78 is 16.4. The van der Waals surface area contributed by atoms with Crippen molar-refractivity contribution in [3.8, 4) is 11.5 Å². The van der Waals surface area contributed by atoms with Crippen LogP contribution in [0.3, 0.4) is 0 Å². The highest BCUT2D eigenvalue weighted by Gasteiger charge is 2.23. The fraction of sp³-hybridized carbons (Fsp3) is 0.571. The molecule has 4 nitrogen and oxygen atoms in total. The van der Waals surface area contributed by atoms with Gasteiger partial charge in [0.25, 0.3) is 0 Å². The second kappa shape index (κ2) is 6.61. The molecule has 1 aromatic rings. The van der Waals surface area contributed by atoms with Crippen molar-refractivity contribution < 1.29 is 14.2 Å². The zero-order valence-corrected chi connectivity index (χ0v) is 10.8. The van der Waals surface area contributed by atoms with Crippen LogP contribution in [0.1, 0.15) is 13.3 Å². The van der Waals surface area contributed by atoms with Crippen LogP contribution in [0.4, 0.5) is 0 Å². The number of ether oxygens (including phenoxy) is 3. The van der Waals surface area contributed by atoms with Crippen molar-refractivity contribution >= 4 is 0 Å². The summed E-state index contributed by atoms with van der Waals surface area (Å²) in [5.74, 6) is 2.11. The lowest BCUT2D eigenvalue weighted by Crippen LogP contribution is -2.36. The van der Waals surface area contributed by atoms with Crippen LogP contribution in [0.25, 0.3) is 0 Å². The normalized spacial score (nSPS) is 20.7. The van der Waals surface area contributed by atoms with E-state index in [0.717, 1.165) is 31.1 Å². The van der Waals surface area contributed by atoms with Crippen LogP contribution in [-0.2, 0) is 4.74 Å². The molecule has 1 aromatic carbocycles. The Hall–Kier alpha value is -1.26. The van der Waals surface area contributed by atoms with E-state index in [1.165, 1.54) is 0 Å². The Morgan fingerprint density at radius 3 is 2.50 bits per heavy atom. The predicted octanol–water partition coefficient (Wildman–Crippen LogP) is 1.83. The Morgan fingerprint density at radius 1 is 1.28 bits per heavy atom. The van der Waals surface area contributed by atoms with E-state index in [0.29, 0.717) is 19.1 Å². The summed E-state index contributed by atoms with van der Waals surface area (Å²) in [6.45, 7) is 4.75. The first-order valence-corrected chi connectivity index (χ1v) is 6.48. The summed E-state index contributed by atoms with van der Waals surface area (Å²) >= 11 is 0. The zero-order chi connectivity index (χ0) is 12.8. The topological polar surface area (TPSA) is 53.7 Å². The fourth-order valence-corrected chi connectivity index (χ4v) is 2.02. The maximum atomic E-state index is 6.07. The van der Waals surface area contributed by atoms with Crippen molar-refractivity contribution in [1.29, 1.82) is 0 Å². The lowest BCUT2D eigenvalue weighted by molar-refractivity contribution is 0.170. The lowest BCUT2D eigenvalue weighted by atomic mass is 10.0. The van der Waals surface area contributed by atoms with E-state index < -0.39 is 0 Å². The van der Waals surface area contributed by atoms with Gasteiger partial charge in [0, 0.05) is 18.6 Å². The minimum atomic E-state index is 0.0408. The zero-order valence-electron chi connectivity index (χ0n) is 10.8. The van der Waals surface area contributed by atoms with Crippen LogP contribution in [-0.4, -0.2) is 32.5 Å². The Labute approximate surface area is 108 Å². The molecule has 2 unspecified atom stereocenters.